The minimum atomic E-state index is -0.893. The Morgan fingerprint density at radius 3 is 2.55 bits per heavy atom. The minimum absolute atomic E-state index is 0.0393. The van der Waals surface area contributed by atoms with Crippen molar-refractivity contribution < 1.29 is 23.6 Å². The van der Waals surface area contributed by atoms with E-state index in [2.05, 4.69) is 36.3 Å². The van der Waals surface area contributed by atoms with E-state index >= 15 is 0 Å². The number of amides is 4. The van der Waals surface area contributed by atoms with Crippen molar-refractivity contribution in [3.63, 3.8) is 0 Å². The van der Waals surface area contributed by atoms with E-state index in [0.29, 0.717) is 31.5 Å². The third-order valence-electron chi connectivity index (χ3n) is 6.81. The van der Waals surface area contributed by atoms with Crippen LogP contribution < -0.4 is 21.3 Å². The molecule has 4 N–H and O–H groups in total. The van der Waals surface area contributed by atoms with Gasteiger partial charge in [-0.25, -0.2) is 14.5 Å². The average Bonchev–Trinajstić information content (AvgIpc) is 3.49. The highest BCUT2D eigenvalue weighted by molar-refractivity contribution is 5.97. The van der Waals surface area contributed by atoms with E-state index in [4.69, 9.17) is 4.42 Å². The van der Waals surface area contributed by atoms with Gasteiger partial charge in [-0.05, 0) is 58.9 Å². The van der Waals surface area contributed by atoms with Gasteiger partial charge >= 0.3 is 0 Å². The smallest absolute Gasteiger partial charge is 0.274 e. The molecule has 1 aliphatic rings. The van der Waals surface area contributed by atoms with Crippen LogP contribution in [0.5, 0.6) is 0 Å². The van der Waals surface area contributed by atoms with E-state index in [1.807, 2.05) is 33.8 Å². The topological polar surface area (TPSA) is 173 Å². The van der Waals surface area contributed by atoms with Gasteiger partial charge in [0.2, 0.25) is 17.7 Å². The Kier molecular flexibility index (Phi) is 8.50. The predicted molar refractivity (Wildman–Crippen MR) is 144 cm³/mol. The van der Waals surface area contributed by atoms with Crippen LogP contribution in [0.1, 0.15) is 90.1 Å². The first kappa shape index (κ1) is 28.7. The van der Waals surface area contributed by atoms with Crippen LogP contribution in [0.15, 0.2) is 16.5 Å². The predicted octanol–water partition coefficient (Wildman–Crippen LogP) is 1.67. The van der Waals surface area contributed by atoms with Crippen molar-refractivity contribution >= 4 is 29.3 Å². The number of hydrogen-bond acceptors (Lipinski definition) is 8. The third-order valence-corrected chi connectivity index (χ3v) is 6.81. The van der Waals surface area contributed by atoms with E-state index < -0.39 is 35.8 Å². The molecule has 13 nitrogen and oxygen atoms in total. The van der Waals surface area contributed by atoms with Gasteiger partial charge in [-0.2, -0.15) is 5.10 Å². The standard InChI is InChI=1S/C27H36N8O5/c1-13(2)21-27-33-22(17(6)40-27)26(39)30-16(5)23(36)28-10-8-7-9-18(24(37)32-21)31-25(38)19-12-20-29-14(3)11-15(4)35(20)34-19/h11-13,16,18,21H,7-10H2,1-6H3,(H,28,36)(H,30,39)(H,31,38)(H,32,37)/t16-,18+,21+/m1/s1. The fraction of sp³-hybridized carbons (Fsp3) is 0.519. The van der Waals surface area contributed by atoms with E-state index in [9.17, 15) is 19.2 Å². The van der Waals surface area contributed by atoms with Crippen LogP contribution in [0, 0.1) is 26.7 Å². The number of hydrogen-bond donors (Lipinski definition) is 4. The van der Waals surface area contributed by atoms with Crippen molar-refractivity contribution in [1.29, 1.82) is 0 Å². The molecule has 0 saturated heterocycles. The Morgan fingerprint density at radius 2 is 1.82 bits per heavy atom. The summed E-state index contributed by atoms with van der Waals surface area (Å²) in [5, 5.41) is 15.6. The molecule has 13 heteroatoms. The first-order valence-electron chi connectivity index (χ1n) is 13.5. The fourth-order valence-corrected chi connectivity index (χ4v) is 4.60. The van der Waals surface area contributed by atoms with Gasteiger partial charge in [0.05, 0.1) is 0 Å². The molecule has 2 bridgehead atoms. The van der Waals surface area contributed by atoms with Crippen LogP contribution in [0.25, 0.3) is 5.65 Å². The van der Waals surface area contributed by atoms with E-state index in [-0.39, 0.29) is 34.9 Å². The second-order valence-corrected chi connectivity index (χ2v) is 10.5. The van der Waals surface area contributed by atoms with Crippen LogP contribution >= 0.6 is 0 Å². The highest BCUT2D eigenvalue weighted by atomic mass is 16.4. The van der Waals surface area contributed by atoms with E-state index in [0.717, 1.165) is 11.4 Å². The third kappa shape index (κ3) is 6.29. The van der Waals surface area contributed by atoms with E-state index in [1.54, 1.807) is 24.4 Å². The monoisotopic (exact) mass is 552 g/mol. The Balaban J connectivity index is 1.61. The van der Waals surface area contributed by atoms with Crippen LogP contribution in [-0.2, 0) is 9.59 Å². The molecule has 4 rings (SSSR count). The molecule has 0 aromatic carbocycles. The van der Waals surface area contributed by atoms with E-state index in [1.165, 1.54) is 0 Å². The van der Waals surface area contributed by atoms with Gasteiger partial charge in [-0.15, -0.1) is 0 Å². The molecular weight excluding hydrogens is 516 g/mol. The SMILES string of the molecule is Cc1cc(C)n2nc(C(=O)N[C@H]3CCCCNC(=O)[C@@H](C)NC(=O)c4nc(oc4C)[C@H](C(C)C)NC3=O)cc2n1. The lowest BCUT2D eigenvalue weighted by Crippen LogP contribution is -2.48. The van der Waals surface area contributed by atoms with Crippen molar-refractivity contribution in [2.45, 2.75) is 78.9 Å². The lowest BCUT2D eigenvalue weighted by Gasteiger charge is -2.24. The summed E-state index contributed by atoms with van der Waals surface area (Å²) < 4.78 is 7.37. The number of carbonyl (C=O) groups excluding carboxylic acids is 4. The summed E-state index contributed by atoms with van der Waals surface area (Å²) in [5.41, 5.74) is 2.35. The number of rotatable bonds is 3. The number of aryl methyl sites for hydroxylation is 3. The molecule has 1 aliphatic heterocycles. The normalized spacial score (nSPS) is 21.2. The maximum atomic E-state index is 13.5. The molecule has 0 fully saturated rings. The zero-order valence-electron chi connectivity index (χ0n) is 23.6. The Labute approximate surface area is 231 Å². The summed E-state index contributed by atoms with van der Waals surface area (Å²) >= 11 is 0. The lowest BCUT2D eigenvalue weighted by atomic mass is 10.0. The molecule has 3 aromatic rings. The molecule has 0 aliphatic carbocycles. The molecule has 3 aromatic heterocycles. The molecule has 0 radical (unpaired) electrons. The number of nitrogens with one attached hydrogen (secondary N) is 4. The first-order valence-corrected chi connectivity index (χ1v) is 13.5. The number of fused-ring (bicyclic) bond motifs is 3. The van der Waals surface area contributed by atoms with Crippen LogP contribution in [0.4, 0.5) is 0 Å². The minimum Gasteiger partial charge on any atom is -0.443 e. The Morgan fingerprint density at radius 1 is 1.07 bits per heavy atom. The van der Waals surface area contributed by atoms with Gasteiger partial charge in [0.25, 0.3) is 11.8 Å². The lowest BCUT2D eigenvalue weighted by molar-refractivity contribution is -0.124. The molecule has 0 spiro atoms. The largest absolute Gasteiger partial charge is 0.443 e. The quantitative estimate of drug-likeness (QED) is 0.380. The zero-order chi connectivity index (χ0) is 29.1. The van der Waals surface area contributed by atoms with Gasteiger partial charge in [0.1, 0.15) is 23.9 Å². The summed E-state index contributed by atoms with van der Waals surface area (Å²) in [6.45, 7) is 11.0. The van der Waals surface area contributed by atoms with Gasteiger partial charge in [-0.3, -0.25) is 19.2 Å². The first-order chi connectivity index (χ1) is 18.9. The van der Waals surface area contributed by atoms with Crippen molar-refractivity contribution in [2.24, 2.45) is 5.92 Å². The highest BCUT2D eigenvalue weighted by Crippen LogP contribution is 2.24. The molecule has 0 saturated carbocycles. The maximum absolute atomic E-state index is 13.5. The average molecular weight is 553 g/mol. The fourth-order valence-electron chi connectivity index (χ4n) is 4.60. The summed E-state index contributed by atoms with van der Waals surface area (Å²) in [4.78, 5) is 60.8. The summed E-state index contributed by atoms with van der Waals surface area (Å²) in [6.07, 6.45) is 1.43. The number of carbonyl (C=O) groups is 4. The van der Waals surface area contributed by atoms with Crippen molar-refractivity contribution in [1.82, 2.24) is 40.8 Å². The second-order valence-electron chi connectivity index (χ2n) is 10.5. The molecule has 40 heavy (non-hydrogen) atoms. The molecule has 3 atom stereocenters. The summed E-state index contributed by atoms with van der Waals surface area (Å²) in [6, 6.07) is 1.11. The molecular formula is C27H36N8O5. The maximum Gasteiger partial charge on any atom is 0.274 e. The summed E-state index contributed by atoms with van der Waals surface area (Å²) in [5.74, 6) is -1.53. The van der Waals surface area contributed by atoms with Gasteiger partial charge in [0, 0.05) is 24.0 Å². The number of oxazole rings is 1. The van der Waals surface area contributed by atoms with Gasteiger partial charge in [-0.1, -0.05) is 13.8 Å². The van der Waals surface area contributed by atoms with Gasteiger partial charge < -0.3 is 25.7 Å². The van der Waals surface area contributed by atoms with Gasteiger partial charge in [0.15, 0.2) is 17.0 Å². The highest BCUT2D eigenvalue weighted by Gasteiger charge is 2.31. The molecule has 0 unspecified atom stereocenters. The van der Waals surface area contributed by atoms with Crippen molar-refractivity contribution in [3.8, 4) is 0 Å². The number of aromatic nitrogens is 4. The van der Waals surface area contributed by atoms with Crippen LogP contribution in [0.3, 0.4) is 0 Å². The second kappa shape index (κ2) is 11.8. The van der Waals surface area contributed by atoms with Crippen molar-refractivity contribution in [3.05, 3.63) is 46.6 Å². The van der Waals surface area contributed by atoms with Crippen LogP contribution in [-0.4, -0.2) is 61.8 Å². The molecule has 4 amide bonds. The van der Waals surface area contributed by atoms with Crippen LogP contribution in [0.2, 0.25) is 0 Å². The molecule has 214 valence electrons. The number of nitrogens with zero attached hydrogens (tertiary/aromatic N) is 4. The Hall–Kier alpha value is -4.29. The van der Waals surface area contributed by atoms with Crippen molar-refractivity contribution in [2.75, 3.05) is 6.54 Å². The summed E-state index contributed by atoms with van der Waals surface area (Å²) in [7, 11) is 0. The molecule has 4 heterocycles. The Bertz CT molecular complexity index is 1440. The zero-order valence-corrected chi connectivity index (χ0v) is 23.6.